The Hall–Kier alpha value is -1.04. The minimum absolute atomic E-state index is 0.335. The van der Waals surface area contributed by atoms with Crippen molar-refractivity contribution in [3.8, 4) is 0 Å². The van der Waals surface area contributed by atoms with Crippen molar-refractivity contribution in [1.29, 1.82) is 0 Å². The lowest BCUT2D eigenvalue weighted by molar-refractivity contribution is 0.0909. The van der Waals surface area contributed by atoms with Gasteiger partial charge < -0.3 is 0 Å². The smallest absolute Gasteiger partial charge is 0.000141 e. The van der Waals surface area contributed by atoms with Gasteiger partial charge in [-0.25, -0.2) is 0 Å². The van der Waals surface area contributed by atoms with Gasteiger partial charge in [-0.1, -0.05) is 71.4 Å². The first-order valence-corrected chi connectivity index (χ1v) is 8.17. The van der Waals surface area contributed by atoms with Crippen LogP contribution in [0.2, 0.25) is 0 Å². The molecule has 1 fully saturated rings. The van der Waals surface area contributed by atoms with Crippen molar-refractivity contribution >= 4 is 6.08 Å². The molecule has 0 nitrogen and oxygen atoms in total. The first kappa shape index (κ1) is 13.9. The molecule has 2 aliphatic rings. The molecule has 0 N–H and O–H groups in total. The summed E-state index contributed by atoms with van der Waals surface area (Å²) in [6, 6.07) is 7.19. The third-order valence-corrected chi connectivity index (χ3v) is 5.87. The summed E-state index contributed by atoms with van der Waals surface area (Å²) in [5.41, 5.74) is 5.28. The average molecular weight is 268 g/mol. The fraction of sp³-hybridized carbons (Fsp3) is 0.600. The van der Waals surface area contributed by atoms with E-state index >= 15 is 0 Å². The SMILES string of the molecule is CC(C)c1ccc2c(c1)C=CC1C(C)(C)CCC[C@]21C. The molecule has 0 aliphatic heterocycles. The molecule has 1 unspecified atom stereocenters. The first-order chi connectivity index (χ1) is 9.34. The molecule has 0 bridgehead atoms. The summed E-state index contributed by atoms with van der Waals surface area (Å²) in [5, 5.41) is 0. The molecule has 0 aromatic heterocycles. The van der Waals surface area contributed by atoms with Gasteiger partial charge in [-0.3, -0.25) is 0 Å². The fourth-order valence-corrected chi connectivity index (χ4v) is 4.66. The van der Waals surface area contributed by atoms with Gasteiger partial charge in [0.25, 0.3) is 0 Å². The van der Waals surface area contributed by atoms with E-state index in [-0.39, 0.29) is 0 Å². The average Bonchev–Trinajstić information content (AvgIpc) is 2.37. The molecule has 2 aliphatic carbocycles. The van der Waals surface area contributed by atoms with Crippen LogP contribution in [0.25, 0.3) is 6.08 Å². The molecular formula is C20H28. The topological polar surface area (TPSA) is 0 Å². The second kappa shape index (κ2) is 4.48. The maximum atomic E-state index is 2.51. The molecular weight excluding hydrogens is 240 g/mol. The van der Waals surface area contributed by atoms with Crippen LogP contribution < -0.4 is 0 Å². The van der Waals surface area contributed by atoms with Gasteiger partial charge in [0, 0.05) is 0 Å². The van der Waals surface area contributed by atoms with Gasteiger partial charge >= 0.3 is 0 Å². The summed E-state index contributed by atoms with van der Waals surface area (Å²) < 4.78 is 0. The maximum Gasteiger partial charge on any atom is -0.000141 e. The Kier molecular flexibility index (Phi) is 3.12. The van der Waals surface area contributed by atoms with Crippen molar-refractivity contribution < 1.29 is 0 Å². The van der Waals surface area contributed by atoms with Crippen molar-refractivity contribution in [3.05, 3.63) is 41.0 Å². The highest BCUT2D eigenvalue weighted by Crippen LogP contribution is 2.55. The molecule has 2 atom stereocenters. The van der Waals surface area contributed by atoms with E-state index in [2.05, 4.69) is 65.0 Å². The predicted octanol–water partition coefficient (Wildman–Crippen LogP) is 5.92. The molecule has 0 radical (unpaired) electrons. The summed E-state index contributed by atoms with van der Waals surface area (Å²) in [5.74, 6) is 1.29. The molecule has 0 saturated heterocycles. The Morgan fingerprint density at radius 1 is 1.10 bits per heavy atom. The third-order valence-electron chi connectivity index (χ3n) is 5.87. The summed E-state index contributed by atoms with van der Waals surface area (Å²) in [6.45, 7) is 12.0. The van der Waals surface area contributed by atoms with Crippen LogP contribution in [0, 0.1) is 11.3 Å². The second-order valence-electron chi connectivity index (χ2n) is 8.10. The molecule has 0 spiro atoms. The monoisotopic (exact) mass is 268 g/mol. The molecule has 1 aromatic carbocycles. The van der Waals surface area contributed by atoms with E-state index < -0.39 is 0 Å². The number of hydrogen-bond donors (Lipinski definition) is 0. The largest absolute Gasteiger partial charge is 0.0794 e. The summed E-state index contributed by atoms with van der Waals surface area (Å²) in [4.78, 5) is 0. The zero-order valence-electron chi connectivity index (χ0n) is 13.7. The Labute approximate surface area is 124 Å². The van der Waals surface area contributed by atoms with Gasteiger partial charge in [0.2, 0.25) is 0 Å². The van der Waals surface area contributed by atoms with E-state index in [0.717, 1.165) is 0 Å². The summed E-state index contributed by atoms with van der Waals surface area (Å²) in [7, 11) is 0. The molecule has 0 heteroatoms. The molecule has 1 saturated carbocycles. The molecule has 0 heterocycles. The number of fused-ring (bicyclic) bond motifs is 3. The Balaban J connectivity index is 2.11. The minimum atomic E-state index is 0.335. The first-order valence-electron chi connectivity index (χ1n) is 8.17. The maximum absolute atomic E-state index is 2.51. The Morgan fingerprint density at radius 2 is 1.85 bits per heavy atom. The number of benzene rings is 1. The van der Waals surface area contributed by atoms with Crippen LogP contribution >= 0.6 is 0 Å². The molecule has 3 rings (SSSR count). The predicted molar refractivity (Wildman–Crippen MR) is 88.0 cm³/mol. The van der Waals surface area contributed by atoms with E-state index in [9.17, 15) is 0 Å². The van der Waals surface area contributed by atoms with Crippen LogP contribution in [0.15, 0.2) is 24.3 Å². The van der Waals surface area contributed by atoms with Crippen LogP contribution in [0.4, 0.5) is 0 Å². The molecule has 1 aromatic rings. The van der Waals surface area contributed by atoms with Gasteiger partial charge in [0.15, 0.2) is 0 Å². The van der Waals surface area contributed by atoms with Crippen LogP contribution in [-0.2, 0) is 5.41 Å². The lowest BCUT2D eigenvalue weighted by Gasteiger charge is -2.52. The van der Waals surface area contributed by atoms with Crippen LogP contribution in [-0.4, -0.2) is 0 Å². The second-order valence-corrected chi connectivity index (χ2v) is 8.10. The number of hydrogen-bond acceptors (Lipinski definition) is 0. The van der Waals surface area contributed by atoms with Gasteiger partial charge in [0.1, 0.15) is 0 Å². The lowest BCUT2D eigenvalue weighted by atomic mass is 9.52. The standard InChI is InChI=1S/C20H28/c1-14(2)15-7-9-17-16(13-15)8-10-18-19(3,4)11-6-12-20(17,18)5/h7-10,13-14,18H,6,11-12H2,1-5H3/t18?,20-/m1/s1. The van der Waals surface area contributed by atoms with E-state index in [0.29, 0.717) is 22.7 Å². The third kappa shape index (κ3) is 1.96. The zero-order chi connectivity index (χ0) is 14.5. The molecule has 20 heavy (non-hydrogen) atoms. The summed E-state index contributed by atoms with van der Waals surface area (Å²) in [6.07, 6.45) is 8.95. The summed E-state index contributed by atoms with van der Waals surface area (Å²) >= 11 is 0. The van der Waals surface area contributed by atoms with Crippen molar-refractivity contribution in [2.45, 2.75) is 65.2 Å². The van der Waals surface area contributed by atoms with Crippen molar-refractivity contribution in [2.24, 2.45) is 11.3 Å². The van der Waals surface area contributed by atoms with Crippen molar-refractivity contribution in [3.63, 3.8) is 0 Å². The van der Waals surface area contributed by atoms with Gasteiger partial charge in [-0.05, 0) is 52.2 Å². The van der Waals surface area contributed by atoms with Gasteiger partial charge in [-0.15, -0.1) is 0 Å². The van der Waals surface area contributed by atoms with Crippen LogP contribution in [0.5, 0.6) is 0 Å². The fourth-order valence-electron chi connectivity index (χ4n) is 4.66. The van der Waals surface area contributed by atoms with Gasteiger partial charge in [-0.2, -0.15) is 0 Å². The molecule has 0 amide bonds. The highest BCUT2D eigenvalue weighted by atomic mass is 14.5. The highest BCUT2D eigenvalue weighted by molar-refractivity contribution is 5.62. The van der Waals surface area contributed by atoms with Gasteiger partial charge in [0.05, 0.1) is 0 Å². The van der Waals surface area contributed by atoms with E-state index in [4.69, 9.17) is 0 Å². The molecule has 108 valence electrons. The normalized spacial score (nSPS) is 31.0. The van der Waals surface area contributed by atoms with E-state index in [1.54, 1.807) is 5.56 Å². The van der Waals surface area contributed by atoms with E-state index in [1.807, 2.05) is 0 Å². The Bertz CT molecular complexity index is 547. The number of allylic oxidation sites excluding steroid dienone is 1. The lowest BCUT2D eigenvalue weighted by Crippen LogP contribution is -2.45. The van der Waals surface area contributed by atoms with E-state index in [1.165, 1.54) is 30.4 Å². The van der Waals surface area contributed by atoms with Crippen molar-refractivity contribution in [1.82, 2.24) is 0 Å². The highest BCUT2D eigenvalue weighted by Gasteiger charge is 2.47. The van der Waals surface area contributed by atoms with Crippen LogP contribution in [0.3, 0.4) is 0 Å². The minimum Gasteiger partial charge on any atom is -0.0794 e. The zero-order valence-corrected chi connectivity index (χ0v) is 13.7. The van der Waals surface area contributed by atoms with Crippen molar-refractivity contribution in [2.75, 3.05) is 0 Å². The quantitative estimate of drug-likeness (QED) is 0.593. The van der Waals surface area contributed by atoms with Crippen LogP contribution in [0.1, 0.15) is 76.5 Å². The Morgan fingerprint density at radius 3 is 2.55 bits per heavy atom. The number of rotatable bonds is 1.